The van der Waals surface area contributed by atoms with E-state index in [1.165, 1.54) is 11.3 Å². The van der Waals surface area contributed by atoms with Gasteiger partial charge in [0.05, 0.1) is 29.0 Å². The molecule has 0 unspecified atom stereocenters. The van der Waals surface area contributed by atoms with Crippen molar-refractivity contribution in [2.24, 2.45) is 0 Å². The fraction of sp³-hybridized carbons (Fsp3) is 0.321. The minimum Gasteiger partial charge on any atom is -0.378 e. The molecule has 0 spiro atoms. The van der Waals surface area contributed by atoms with Crippen LogP contribution in [0.2, 0.25) is 0 Å². The molecule has 0 saturated carbocycles. The first-order valence-electron chi connectivity index (χ1n) is 12.6. The number of hydrogen-bond donors (Lipinski definition) is 3. The average Bonchev–Trinajstić information content (AvgIpc) is 3.55. The molecule has 1 aliphatic heterocycles. The largest absolute Gasteiger partial charge is 0.378 e. The van der Waals surface area contributed by atoms with Crippen LogP contribution in [0.1, 0.15) is 52.3 Å². The van der Waals surface area contributed by atoms with E-state index in [-0.39, 0.29) is 11.8 Å². The summed E-state index contributed by atoms with van der Waals surface area (Å²) < 4.78 is 5.41. The second kappa shape index (κ2) is 10.7. The molecule has 1 saturated heterocycles. The maximum Gasteiger partial charge on any atom is 0.262 e. The quantitative estimate of drug-likeness (QED) is 0.300. The molecule has 0 radical (unpaired) electrons. The summed E-state index contributed by atoms with van der Waals surface area (Å²) in [7, 11) is 0. The van der Waals surface area contributed by atoms with Crippen LogP contribution in [0.4, 0.5) is 11.5 Å². The molecule has 1 aliphatic rings. The number of carbonyl (C=O) groups is 2. The Balaban J connectivity index is 1.30. The number of fused-ring (bicyclic) bond motifs is 1. The summed E-state index contributed by atoms with van der Waals surface area (Å²) in [4.78, 5) is 29.8. The highest BCUT2D eigenvalue weighted by atomic mass is 32.1. The Morgan fingerprint density at radius 1 is 1.03 bits per heavy atom. The molecular formula is C28H31N5O3S. The van der Waals surface area contributed by atoms with E-state index in [9.17, 15) is 9.59 Å². The number of carbonyl (C=O) groups excluding carboxylic acids is 2. The second-order valence-electron chi connectivity index (χ2n) is 9.14. The van der Waals surface area contributed by atoms with Crippen LogP contribution in [-0.2, 0) is 10.3 Å². The number of amides is 2. The van der Waals surface area contributed by atoms with Crippen LogP contribution in [0, 0.1) is 0 Å². The van der Waals surface area contributed by atoms with Crippen LogP contribution >= 0.6 is 11.3 Å². The summed E-state index contributed by atoms with van der Waals surface area (Å²) in [5.74, 6) is 0.0187. The first kappa shape index (κ1) is 25.0. The Morgan fingerprint density at radius 3 is 2.41 bits per heavy atom. The lowest BCUT2D eigenvalue weighted by Gasteiger charge is -2.33. The lowest BCUT2D eigenvalue weighted by atomic mass is 9.84. The molecule has 3 heterocycles. The van der Waals surface area contributed by atoms with Gasteiger partial charge in [0.2, 0.25) is 0 Å². The molecule has 2 amide bonds. The molecule has 2 aromatic carbocycles. The van der Waals surface area contributed by atoms with Crippen molar-refractivity contribution >= 4 is 44.9 Å². The molecular weight excluding hydrogens is 486 g/mol. The summed E-state index contributed by atoms with van der Waals surface area (Å²) in [5.41, 5.74) is 2.25. The van der Waals surface area contributed by atoms with Gasteiger partial charge in [-0.15, -0.1) is 11.3 Å². The van der Waals surface area contributed by atoms with Gasteiger partial charge in [-0.25, -0.2) is 0 Å². The average molecular weight is 518 g/mol. The molecule has 9 heteroatoms. The van der Waals surface area contributed by atoms with Gasteiger partial charge < -0.3 is 20.3 Å². The highest BCUT2D eigenvalue weighted by molar-refractivity contribution is 7.20. The zero-order valence-electron chi connectivity index (χ0n) is 21.0. The van der Waals surface area contributed by atoms with Gasteiger partial charge in [-0.05, 0) is 48.7 Å². The van der Waals surface area contributed by atoms with E-state index in [1.54, 1.807) is 6.07 Å². The van der Waals surface area contributed by atoms with Gasteiger partial charge in [-0.1, -0.05) is 44.2 Å². The van der Waals surface area contributed by atoms with Crippen molar-refractivity contribution in [1.29, 1.82) is 0 Å². The Hall–Kier alpha value is -3.69. The maximum absolute atomic E-state index is 13.3. The minimum absolute atomic E-state index is 0.141. The number of thiophene rings is 1. The van der Waals surface area contributed by atoms with Gasteiger partial charge in [0.25, 0.3) is 11.8 Å². The lowest BCUT2D eigenvalue weighted by Crippen LogP contribution is -2.44. The SMILES string of the molecule is CCC(CC)(NC(=O)c1cc2c(NC(=O)c3ccc(N4CCOCC4)cc3)n[nH]c2s1)c1ccccc1. The summed E-state index contributed by atoms with van der Waals surface area (Å²) in [6, 6.07) is 19.4. The number of ether oxygens (including phenoxy) is 1. The number of aromatic nitrogens is 2. The molecule has 3 N–H and O–H groups in total. The number of H-pyrrole nitrogens is 1. The van der Waals surface area contributed by atoms with E-state index in [4.69, 9.17) is 4.74 Å². The van der Waals surface area contributed by atoms with Gasteiger partial charge in [-0.3, -0.25) is 14.7 Å². The third kappa shape index (κ3) is 5.10. The number of nitrogens with zero attached hydrogens (tertiary/aromatic N) is 2. The van der Waals surface area contributed by atoms with Gasteiger partial charge in [0.15, 0.2) is 5.82 Å². The van der Waals surface area contributed by atoms with E-state index in [0.29, 0.717) is 34.9 Å². The number of anilines is 2. The van der Waals surface area contributed by atoms with Gasteiger partial charge >= 0.3 is 0 Å². The van der Waals surface area contributed by atoms with E-state index < -0.39 is 5.54 Å². The third-order valence-corrected chi connectivity index (χ3v) is 8.14. The topological polar surface area (TPSA) is 99.3 Å². The number of hydrogen-bond acceptors (Lipinski definition) is 6. The minimum atomic E-state index is -0.446. The molecule has 2 aromatic heterocycles. The summed E-state index contributed by atoms with van der Waals surface area (Å²) >= 11 is 1.33. The molecule has 1 fully saturated rings. The third-order valence-electron chi connectivity index (χ3n) is 7.10. The van der Waals surface area contributed by atoms with Crippen molar-refractivity contribution in [3.8, 4) is 0 Å². The Labute approximate surface area is 220 Å². The second-order valence-corrected chi connectivity index (χ2v) is 10.2. The lowest BCUT2D eigenvalue weighted by molar-refractivity contribution is 0.0893. The van der Waals surface area contributed by atoms with Crippen molar-refractivity contribution in [3.63, 3.8) is 0 Å². The highest BCUT2D eigenvalue weighted by Crippen LogP contribution is 2.33. The molecule has 0 bridgehead atoms. The molecule has 4 aromatic rings. The summed E-state index contributed by atoms with van der Waals surface area (Å²) in [5, 5.41) is 14.1. The standard InChI is InChI=1S/C28H31N5O3S/c1-3-28(4-2,20-8-6-5-7-9-20)30-26(35)23-18-22-24(31-32-27(22)37-23)29-25(34)19-10-12-21(13-11-19)33-14-16-36-17-15-33/h5-13,18H,3-4,14-17H2,1-2H3,(H,30,35)(H2,29,31,32,34). The van der Waals surface area contributed by atoms with Gasteiger partial charge in [-0.2, -0.15) is 5.10 Å². The first-order chi connectivity index (χ1) is 18.0. The number of nitrogens with one attached hydrogen (secondary N) is 3. The van der Waals surface area contributed by atoms with Crippen molar-refractivity contribution in [2.45, 2.75) is 32.2 Å². The van der Waals surface area contributed by atoms with Crippen LogP contribution in [0.15, 0.2) is 60.7 Å². The van der Waals surface area contributed by atoms with E-state index >= 15 is 0 Å². The number of rotatable bonds is 8. The molecule has 37 heavy (non-hydrogen) atoms. The molecule has 8 nitrogen and oxygen atoms in total. The van der Waals surface area contributed by atoms with E-state index in [2.05, 4.69) is 51.7 Å². The van der Waals surface area contributed by atoms with E-state index in [0.717, 1.165) is 42.0 Å². The molecule has 0 aliphatic carbocycles. The fourth-order valence-corrected chi connectivity index (χ4v) is 5.69. The Kier molecular flexibility index (Phi) is 7.25. The van der Waals surface area contributed by atoms with Crippen LogP contribution in [-0.4, -0.2) is 48.3 Å². The molecule has 5 rings (SSSR count). The smallest absolute Gasteiger partial charge is 0.262 e. The van der Waals surface area contributed by atoms with Crippen molar-refractivity contribution < 1.29 is 14.3 Å². The zero-order valence-corrected chi connectivity index (χ0v) is 21.9. The predicted octanol–water partition coefficient (Wildman–Crippen LogP) is 5.16. The summed E-state index contributed by atoms with van der Waals surface area (Å²) in [6.45, 7) is 7.27. The van der Waals surface area contributed by atoms with Crippen LogP contribution in [0.3, 0.4) is 0 Å². The molecule has 192 valence electrons. The molecule has 0 atom stereocenters. The number of morpholine rings is 1. The maximum atomic E-state index is 13.3. The Morgan fingerprint density at radius 2 is 1.73 bits per heavy atom. The highest BCUT2D eigenvalue weighted by Gasteiger charge is 2.31. The normalized spacial score (nSPS) is 14.1. The first-order valence-corrected chi connectivity index (χ1v) is 13.4. The van der Waals surface area contributed by atoms with Crippen molar-refractivity contribution in [2.75, 3.05) is 36.5 Å². The van der Waals surface area contributed by atoms with Crippen molar-refractivity contribution in [1.82, 2.24) is 15.5 Å². The van der Waals surface area contributed by atoms with Crippen LogP contribution in [0.5, 0.6) is 0 Å². The van der Waals surface area contributed by atoms with Crippen molar-refractivity contribution in [3.05, 3.63) is 76.7 Å². The summed E-state index contributed by atoms with van der Waals surface area (Å²) in [6.07, 6.45) is 1.55. The van der Waals surface area contributed by atoms with Crippen LogP contribution < -0.4 is 15.5 Å². The van der Waals surface area contributed by atoms with E-state index in [1.807, 2.05) is 42.5 Å². The van der Waals surface area contributed by atoms with Crippen LogP contribution in [0.25, 0.3) is 10.2 Å². The van der Waals surface area contributed by atoms with Gasteiger partial charge in [0.1, 0.15) is 4.83 Å². The fourth-order valence-electron chi connectivity index (χ4n) is 4.79. The number of benzene rings is 2. The monoisotopic (exact) mass is 517 g/mol. The predicted molar refractivity (Wildman–Crippen MR) is 148 cm³/mol. The zero-order chi connectivity index (χ0) is 25.8. The Bertz CT molecular complexity index is 1370. The van der Waals surface area contributed by atoms with Gasteiger partial charge in [0, 0.05) is 24.3 Å². The number of aromatic amines is 1.